The number of nitrogens with zero attached hydrogens (tertiary/aromatic N) is 1. The molecule has 3 nitrogen and oxygen atoms in total. The summed E-state index contributed by atoms with van der Waals surface area (Å²) in [6.07, 6.45) is 1.62. The smallest absolute Gasteiger partial charge is 0.223 e. The number of hydrogen-bond acceptors (Lipinski definition) is 2. The van der Waals surface area contributed by atoms with Crippen molar-refractivity contribution in [2.45, 2.75) is 33.2 Å². The molecule has 1 aromatic carbocycles. The van der Waals surface area contributed by atoms with Gasteiger partial charge in [-0.1, -0.05) is 38.1 Å². The highest BCUT2D eigenvalue weighted by molar-refractivity contribution is 5.76. The minimum absolute atomic E-state index is 0.190. The molecule has 0 atom stereocenters. The number of carbonyl (C=O) groups excluding carboxylic acids is 1. The lowest BCUT2D eigenvalue weighted by atomic mass is 10.1. The van der Waals surface area contributed by atoms with Gasteiger partial charge < -0.3 is 10.2 Å². The first-order valence-electron chi connectivity index (χ1n) is 6.69. The van der Waals surface area contributed by atoms with Crippen LogP contribution >= 0.6 is 0 Å². The molecule has 0 saturated heterocycles. The predicted octanol–water partition coefficient (Wildman–Crippen LogP) is 2.21. The summed E-state index contributed by atoms with van der Waals surface area (Å²) in [5.74, 6) is 0.190. The summed E-state index contributed by atoms with van der Waals surface area (Å²) in [7, 11) is 1.86. The first-order chi connectivity index (χ1) is 8.67. The number of benzene rings is 1. The van der Waals surface area contributed by atoms with Gasteiger partial charge in [-0.15, -0.1) is 0 Å². The highest BCUT2D eigenvalue weighted by Gasteiger charge is 2.08. The molecule has 0 aromatic heterocycles. The van der Waals surface area contributed by atoms with E-state index in [1.807, 2.05) is 14.0 Å². The molecule has 0 bridgehead atoms. The van der Waals surface area contributed by atoms with Gasteiger partial charge in [-0.25, -0.2) is 0 Å². The molecule has 0 heterocycles. The Morgan fingerprint density at radius 2 is 1.78 bits per heavy atom. The molecular formula is C15H24N2O. The monoisotopic (exact) mass is 248 g/mol. The number of amides is 1. The van der Waals surface area contributed by atoms with Crippen molar-refractivity contribution in [1.82, 2.24) is 10.2 Å². The van der Waals surface area contributed by atoms with Crippen LogP contribution in [0, 0.1) is 0 Å². The number of nitrogens with one attached hydrogen (secondary N) is 1. The fraction of sp³-hybridized carbons (Fsp3) is 0.533. The van der Waals surface area contributed by atoms with Crippen LogP contribution in [0.4, 0.5) is 0 Å². The van der Waals surface area contributed by atoms with E-state index in [0.29, 0.717) is 13.0 Å². The van der Waals surface area contributed by atoms with E-state index >= 15 is 0 Å². The van der Waals surface area contributed by atoms with Crippen LogP contribution in [0.2, 0.25) is 0 Å². The minimum Gasteiger partial charge on any atom is -0.341 e. The second-order valence-electron chi connectivity index (χ2n) is 4.52. The van der Waals surface area contributed by atoms with Gasteiger partial charge in [0, 0.05) is 26.6 Å². The van der Waals surface area contributed by atoms with Crippen molar-refractivity contribution in [1.29, 1.82) is 0 Å². The lowest BCUT2D eigenvalue weighted by molar-refractivity contribution is -0.130. The zero-order chi connectivity index (χ0) is 13.4. The third-order valence-electron chi connectivity index (χ3n) is 3.04. The average molecular weight is 248 g/mol. The molecule has 0 aliphatic rings. The molecule has 1 amide bonds. The van der Waals surface area contributed by atoms with Gasteiger partial charge in [0.05, 0.1) is 0 Å². The molecule has 0 radical (unpaired) electrons. The second kappa shape index (κ2) is 7.88. The zero-order valence-electron chi connectivity index (χ0n) is 11.7. The Bertz CT molecular complexity index is 359. The summed E-state index contributed by atoms with van der Waals surface area (Å²) in [6, 6.07) is 8.47. The van der Waals surface area contributed by atoms with E-state index in [4.69, 9.17) is 0 Å². The first-order valence-corrected chi connectivity index (χ1v) is 6.69. The van der Waals surface area contributed by atoms with Gasteiger partial charge in [-0.05, 0) is 24.1 Å². The number of carbonyl (C=O) groups is 1. The second-order valence-corrected chi connectivity index (χ2v) is 4.52. The average Bonchev–Trinajstić information content (AvgIpc) is 2.39. The van der Waals surface area contributed by atoms with Gasteiger partial charge in [-0.2, -0.15) is 0 Å². The van der Waals surface area contributed by atoms with Crippen molar-refractivity contribution in [2.75, 3.05) is 20.1 Å². The molecule has 0 aliphatic carbocycles. The van der Waals surface area contributed by atoms with E-state index in [2.05, 4.69) is 36.5 Å². The Kier molecular flexibility index (Phi) is 6.44. The van der Waals surface area contributed by atoms with E-state index in [-0.39, 0.29) is 5.91 Å². The third-order valence-corrected chi connectivity index (χ3v) is 3.04. The van der Waals surface area contributed by atoms with Crippen molar-refractivity contribution in [2.24, 2.45) is 0 Å². The summed E-state index contributed by atoms with van der Waals surface area (Å²) >= 11 is 0. The molecule has 100 valence electrons. The summed E-state index contributed by atoms with van der Waals surface area (Å²) in [4.78, 5) is 13.6. The van der Waals surface area contributed by atoms with E-state index in [0.717, 1.165) is 19.5 Å². The lowest BCUT2D eigenvalue weighted by Gasteiger charge is -2.17. The van der Waals surface area contributed by atoms with Crippen LogP contribution in [-0.2, 0) is 17.8 Å². The van der Waals surface area contributed by atoms with Crippen LogP contribution in [0.15, 0.2) is 24.3 Å². The summed E-state index contributed by atoms with van der Waals surface area (Å²) in [6.45, 7) is 6.55. The fourth-order valence-corrected chi connectivity index (χ4v) is 1.81. The van der Waals surface area contributed by atoms with E-state index in [1.165, 1.54) is 11.1 Å². The predicted molar refractivity (Wildman–Crippen MR) is 75.5 cm³/mol. The van der Waals surface area contributed by atoms with Gasteiger partial charge in [-0.3, -0.25) is 4.79 Å². The maximum Gasteiger partial charge on any atom is 0.223 e. The van der Waals surface area contributed by atoms with Gasteiger partial charge >= 0.3 is 0 Å². The van der Waals surface area contributed by atoms with Gasteiger partial charge in [0.25, 0.3) is 0 Å². The normalized spacial score (nSPS) is 10.4. The van der Waals surface area contributed by atoms with Crippen LogP contribution in [0.5, 0.6) is 0 Å². The van der Waals surface area contributed by atoms with Crippen molar-refractivity contribution >= 4 is 5.91 Å². The van der Waals surface area contributed by atoms with Crippen LogP contribution in [-0.4, -0.2) is 30.9 Å². The summed E-state index contributed by atoms with van der Waals surface area (Å²) in [5, 5.41) is 3.17. The molecule has 18 heavy (non-hydrogen) atoms. The number of aryl methyl sites for hydroxylation is 1. The Balaban J connectivity index is 2.42. The topological polar surface area (TPSA) is 32.3 Å². The third kappa shape index (κ3) is 4.88. The standard InChI is InChI=1S/C15H24N2O/c1-4-13-6-8-14(9-7-13)12-17(3)15(18)10-11-16-5-2/h6-9,16H,4-5,10-12H2,1-3H3. The van der Waals surface area contributed by atoms with E-state index in [9.17, 15) is 4.79 Å². The Hall–Kier alpha value is -1.35. The Morgan fingerprint density at radius 1 is 1.17 bits per heavy atom. The van der Waals surface area contributed by atoms with E-state index < -0.39 is 0 Å². The number of hydrogen-bond donors (Lipinski definition) is 1. The van der Waals surface area contributed by atoms with E-state index in [1.54, 1.807) is 4.90 Å². The molecule has 1 N–H and O–H groups in total. The van der Waals surface area contributed by atoms with Gasteiger partial charge in [0.2, 0.25) is 5.91 Å². The first kappa shape index (κ1) is 14.7. The molecule has 1 aromatic rings. The van der Waals surface area contributed by atoms with Gasteiger partial charge in [0.15, 0.2) is 0 Å². The van der Waals surface area contributed by atoms with Crippen molar-refractivity contribution in [3.63, 3.8) is 0 Å². The van der Waals surface area contributed by atoms with Crippen molar-refractivity contribution in [3.8, 4) is 0 Å². The highest BCUT2D eigenvalue weighted by atomic mass is 16.2. The minimum atomic E-state index is 0.190. The van der Waals surface area contributed by atoms with Crippen molar-refractivity contribution < 1.29 is 4.79 Å². The molecule has 0 saturated carbocycles. The largest absolute Gasteiger partial charge is 0.341 e. The highest BCUT2D eigenvalue weighted by Crippen LogP contribution is 2.07. The van der Waals surface area contributed by atoms with Crippen LogP contribution < -0.4 is 5.32 Å². The molecule has 3 heteroatoms. The molecule has 0 spiro atoms. The molecule has 0 fully saturated rings. The number of rotatable bonds is 7. The Labute approximate surface area is 110 Å². The summed E-state index contributed by atoms with van der Waals surface area (Å²) in [5.41, 5.74) is 2.52. The molecule has 0 unspecified atom stereocenters. The summed E-state index contributed by atoms with van der Waals surface area (Å²) < 4.78 is 0. The molecule has 0 aliphatic heterocycles. The fourth-order valence-electron chi connectivity index (χ4n) is 1.81. The molecule has 1 rings (SSSR count). The van der Waals surface area contributed by atoms with Gasteiger partial charge in [0.1, 0.15) is 0 Å². The molecular weight excluding hydrogens is 224 g/mol. The maximum absolute atomic E-state index is 11.8. The van der Waals surface area contributed by atoms with Crippen LogP contribution in [0.3, 0.4) is 0 Å². The maximum atomic E-state index is 11.8. The zero-order valence-corrected chi connectivity index (χ0v) is 11.7. The van der Waals surface area contributed by atoms with Crippen molar-refractivity contribution in [3.05, 3.63) is 35.4 Å². The quantitative estimate of drug-likeness (QED) is 0.750. The SMILES string of the molecule is CCNCCC(=O)N(C)Cc1ccc(CC)cc1. The van der Waals surface area contributed by atoms with Crippen LogP contribution in [0.1, 0.15) is 31.4 Å². The van der Waals surface area contributed by atoms with Crippen LogP contribution in [0.25, 0.3) is 0 Å². The Morgan fingerprint density at radius 3 is 2.33 bits per heavy atom. The lowest BCUT2D eigenvalue weighted by Crippen LogP contribution is -2.29.